The van der Waals surface area contributed by atoms with Gasteiger partial charge >= 0.3 is 12.4 Å². The van der Waals surface area contributed by atoms with Gasteiger partial charge in [0, 0.05) is 11.1 Å². The molecule has 0 saturated heterocycles. The molecule has 0 unspecified atom stereocenters. The van der Waals surface area contributed by atoms with Crippen LogP contribution in [-0.2, 0) is 25.2 Å². The average molecular weight is 344 g/mol. The average Bonchev–Trinajstić information content (AvgIpc) is 2.62. The van der Waals surface area contributed by atoms with E-state index in [0.717, 1.165) is 36.4 Å². The SMILES string of the molecule is O=C1c2ccc(C(F)(F)F)cc2CCc2cc(C(F)(F)F)ccc21. The largest absolute Gasteiger partial charge is 0.416 e. The minimum Gasteiger partial charge on any atom is -0.289 e. The molecule has 1 aliphatic carbocycles. The molecule has 0 spiro atoms. The number of aryl methyl sites for hydroxylation is 2. The van der Waals surface area contributed by atoms with Gasteiger partial charge in [-0.25, -0.2) is 0 Å². The summed E-state index contributed by atoms with van der Waals surface area (Å²) in [5.41, 5.74) is -1.17. The van der Waals surface area contributed by atoms with Crippen LogP contribution in [0.5, 0.6) is 0 Å². The predicted molar refractivity (Wildman–Crippen MR) is 73.7 cm³/mol. The molecule has 0 atom stereocenters. The standard InChI is InChI=1S/C17H10F6O/c18-16(19,20)11-3-5-13-9(7-11)1-2-10-8-12(17(21,22)23)4-6-14(10)15(13)24/h3-8H,1-2H2. The van der Waals surface area contributed by atoms with E-state index in [9.17, 15) is 31.1 Å². The van der Waals surface area contributed by atoms with Crippen LogP contribution in [0.1, 0.15) is 38.2 Å². The molecular weight excluding hydrogens is 334 g/mol. The van der Waals surface area contributed by atoms with Gasteiger partial charge in [-0.1, -0.05) is 12.1 Å². The van der Waals surface area contributed by atoms with Crippen molar-refractivity contribution in [2.75, 3.05) is 0 Å². The minimum absolute atomic E-state index is 0.0688. The highest BCUT2D eigenvalue weighted by Gasteiger charge is 2.34. The van der Waals surface area contributed by atoms with Crippen molar-refractivity contribution in [1.82, 2.24) is 0 Å². The molecule has 1 nitrogen and oxygen atoms in total. The maximum Gasteiger partial charge on any atom is 0.416 e. The van der Waals surface area contributed by atoms with Gasteiger partial charge in [0.25, 0.3) is 0 Å². The molecule has 0 N–H and O–H groups in total. The number of halogens is 6. The van der Waals surface area contributed by atoms with E-state index in [0.29, 0.717) is 0 Å². The van der Waals surface area contributed by atoms with Crippen LogP contribution >= 0.6 is 0 Å². The highest BCUT2D eigenvalue weighted by molar-refractivity contribution is 6.11. The summed E-state index contributed by atoms with van der Waals surface area (Å²) < 4.78 is 76.8. The van der Waals surface area contributed by atoms with E-state index in [1.54, 1.807) is 0 Å². The number of ketones is 1. The van der Waals surface area contributed by atoms with Crippen LogP contribution < -0.4 is 0 Å². The molecule has 7 heteroatoms. The monoisotopic (exact) mass is 344 g/mol. The van der Waals surface area contributed by atoms with Gasteiger partial charge in [-0.05, 0) is 48.2 Å². The van der Waals surface area contributed by atoms with Crippen molar-refractivity contribution in [3.63, 3.8) is 0 Å². The van der Waals surface area contributed by atoms with E-state index < -0.39 is 29.3 Å². The first kappa shape index (κ1) is 16.5. The Balaban J connectivity index is 2.07. The molecule has 3 rings (SSSR count). The highest BCUT2D eigenvalue weighted by Crippen LogP contribution is 2.35. The first-order chi connectivity index (χ1) is 11.1. The molecule has 0 fully saturated rings. The Hall–Kier alpha value is -2.31. The summed E-state index contributed by atoms with van der Waals surface area (Å²) in [5, 5.41) is 0. The molecule has 2 aromatic rings. The van der Waals surface area contributed by atoms with Gasteiger partial charge in [0.1, 0.15) is 0 Å². The zero-order chi connectivity index (χ0) is 17.7. The van der Waals surface area contributed by atoms with Crippen LogP contribution in [0.2, 0.25) is 0 Å². The lowest BCUT2D eigenvalue weighted by Gasteiger charge is -2.11. The number of rotatable bonds is 0. The minimum atomic E-state index is -4.54. The zero-order valence-electron chi connectivity index (χ0n) is 12.1. The molecular formula is C17H10F6O. The molecule has 24 heavy (non-hydrogen) atoms. The first-order valence-electron chi connectivity index (χ1n) is 7.02. The van der Waals surface area contributed by atoms with Crippen molar-refractivity contribution in [3.8, 4) is 0 Å². The van der Waals surface area contributed by atoms with E-state index in [1.807, 2.05) is 0 Å². The Morgan fingerprint density at radius 2 is 1.04 bits per heavy atom. The van der Waals surface area contributed by atoms with Crippen molar-refractivity contribution in [1.29, 1.82) is 0 Å². The van der Waals surface area contributed by atoms with Crippen molar-refractivity contribution in [2.24, 2.45) is 0 Å². The van der Waals surface area contributed by atoms with E-state index in [4.69, 9.17) is 0 Å². The van der Waals surface area contributed by atoms with E-state index >= 15 is 0 Å². The molecule has 126 valence electrons. The Bertz CT molecular complexity index is 749. The number of carbonyl (C=O) groups is 1. The third-order valence-electron chi connectivity index (χ3n) is 4.02. The molecule has 1 aliphatic rings. The maximum atomic E-state index is 12.8. The van der Waals surface area contributed by atoms with Crippen LogP contribution in [0, 0.1) is 0 Å². The van der Waals surface area contributed by atoms with Crippen LogP contribution in [-0.4, -0.2) is 5.78 Å². The van der Waals surface area contributed by atoms with E-state index in [1.165, 1.54) is 0 Å². The van der Waals surface area contributed by atoms with E-state index in [2.05, 4.69) is 0 Å². The number of fused-ring (bicyclic) bond motifs is 2. The normalized spacial score (nSPS) is 14.8. The summed E-state index contributed by atoms with van der Waals surface area (Å²) in [6, 6.07) is 5.59. The Kier molecular flexibility index (Phi) is 3.69. The second-order valence-corrected chi connectivity index (χ2v) is 5.57. The molecule has 0 saturated carbocycles. The number of benzene rings is 2. The highest BCUT2D eigenvalue weighted by atomic mass is 19.4. The van der Waals surface area contributed by atoms with Crippen LogP contribution in [0.4, 0.5) is 26.3 Å². The summed E-state index contributed by atoms with van der Waals surface area (Å²) in [6.45, 7) is 0. The molecule has 0 amide bonds. The summed E-state index contributed by atoms with van der Waals surface area (Å²) in [4.78, 5) is 12.5. The van der Waals surface area contributed by atoms with E-state index in [-0.39, 0.29) is 35.1 Å². The Labute approximate surface area is 132 Å². The van der Waals surface area contributed by atoms with Gasteiger partial charge in [0.05, 0.1) is 11.1 Å². The molecule has 2 aromatic carbocycles. The number of hydrogen-bond donors (Lipinski definition) is 0. The van der Waals surface area contributed by atoms with Crippen molar-refractivity contribution >= 4 is 5.78 Å². The van der Waals surface area contributed by atoms with Gasteiger partial charge in [0.2, 0.25) is 0 Å². The van der Waals surface area contributed by atoms with Crippen LogP contribution in [0.15, 0.2) is 36.4 Å². The molecule has 0 heterocycles. The summed E-state index contributed by atoms with van der Waals surface area (Å²) >= 11 is 0. The van der Waals surface area contributed by atoms with Gasteiger partial charge < -0.3 is 0 Å². The lowest BCUT2D eigenvalue weighted by atomic mass is 9.96. The zero-order valence-corrected chi connectivity index (χ0v) is 12.1. The van der Waals surface area contributed by atoms with Crippen LogP contribution in [0.25, 0.3) is 0 Å². The summed E-state index contributed by atoms with van der Waals surface area (Å²) in [7, 11) is 0. The lowest BCUT2D eigenvalue weighted by Crippen LogP contribution is -2.10. The molecule has 0 aromatic heterocycles. The second-order valence-electron chi connectivity index (χ2n) is 5.57. The third kappa shape index (κ3) is 2.90. The fourth-order valence-corrected chi connectivity index (χ4v) is 2.81. The van der Waals surface area contributed by atoms with Crippen molar-refractivity contribution in [2.45, 2.75) is 25.2 Å². The Morgan fingerprint density at radius 1 is 0.667 bits per heavy atom. The van der Waals surface area contributed by atoms with Crippen molar-refractivity contribution < 1.29 is 31.1 Å². The second kappa shape index (κ2) is 5.36. The predicted octanol–water partition coefficient (Wildman–Crippen LogP) is 5.05. The van der Waals surface area contributed by atoms with Gasteiger partial charge in [-0.2, -0.15) is 26.3 Å². The fraction of sp³-hybridized carbons (Fsp3) is 0.235. The maximum absolute atomic E-state index is 12.8. The van der Waals surface area contributed by atoms with Gasteiger partial charge in [0.15, 0.2) is 5.78 Å². The first-order valence-corrected chi connectivity index (χ1v) is 7.02. The molecule has 0 aliphatic heterocycles. The summed E-state index contributed by atoms with van der Waals surface area (Å²) in [5.74, 6) is -0.556. The summed E-state index contributed by atoms with van der Waals surface area (Å²) in [6.07, 6.45) is -8.94. The topological polar surface area (TPSA) is 17.1 Å². The lowest BCUT2D eigenvalue weighted by molar-refractivity contribution is -0.138. The number of carbonyl (C=O) groups excluding carboxylic acids is 1. The smallest absolute Gasteiger partial charge is 0.289 e. The third-order valence-corrected chi connectivity index (χ3v) is 4.02. The van der Waals surface area contributed by atoms with Gasteiger partial charge in [-0.3, -0.25) is 4.79 Å². The van der Waals surface area contributed by atoms with Crippen LogP contribution in [0.3, 0.4) is 0 Å². The van der Waals surface area contributed by atoms with Crippen molar-refractivity contribution in [3.05, 3.63) is 69.8 Å². The molecule has 0 bridgehead atoms. The molecule has 0 radical (unpaired) electrons. The van der Waals surface area contributed by atoms with Gasteiger partial charge in [-0.15, -0.1) is 0 Å². The fourth-order valence-electron chi connectivity index (χ4n) is 2.81. The quantitative estimate of drug-likeness (QED) is 0.611. The number of hydrogen-bond acceptors (Lipinski definition) is 1. The Morgan fingerprint density at radius 3 is 1.38 bits per heavy atom. The number of alkyl halides is 6.